The Hall–Kier alpha value is -9.94. The number of carbonyl (C=O) groups excluding carboxylic acids is 10. The number of aliphatic imine (C=N–C) groups is 3. The van der Waals surface area contributed by atoms with E-state index in [1.807, 2.05) is 12.1 Å². The zero-order valence-electron chi connectivity index (χ0n) is 50.5. The van der Waals surface area contributed by atoms with Crippen molar-refractivity contribution in [3.05, 3.63) is 143 Å². The quantitative estimate of drug-likeness (QED) is 0.0132. The van der Waals surface area contributed by atoms with Gasteiger partial charge in [0.15, 0.2) is 41.0 Å². The second-order valence-corrected chi connectivity index (χ2v) is 21.7. The lowest BCUT2D eigenvalue weighted by Gasteiger charge is -2.23. The minimum Gasteiger partial charge on any atom is -0.481 e. The van der Waals surface area contributed by atoms with Gasteiger partial charge in [0.1, 0.15) is 11.6 Å². The van der Waals surface area contributed by atoms with Crippen molar-refractivity contribution in [1.29, 1.82) is 0 Å². The first kappa shape index (κ1) is 73.3. The lowest BCUT2D eigenvalue weighted by molar-refractivity contribution is -0.137. The largest absolute Gasteiger partial charge is 0.481 e. The number of amides is 4. The molecule has 0 fully saturated rings. The predicted octanol–water partition coefficient (Wildman–Crippen LogP) is 2.62. The molecule has 0 aliphatic heterocycles. The van der Waals surface area contributed by atoms with Gasteiger partial charge in [-0.3, -0.25) is 58.1 Å². The summed E-state index contributed by atoms with van der Waals surface area (Å²) >= 11 is 0. The number of rotatable bonds is 40. The number of aliphatic carboxylic acids is 1. The first-order valence-corrected chi connectivity index (χ1v) is 29.2. The van der Waals surface area contributed by atoms with Crippen molar-refractivity contribution in [3.63, 3.8) is 0 Å². The number of carbonyl (C=O) groups is 11. The third-order valence-corrected chi connectivity index (χ3v) is 14.2. The van der Waals surface area contributed by atoms with Crippen molar-refractivity contribution in [1.82, 2.24) is 10.6 Å². The van der Waals surface area contributed by atoms with Crippen LogP contribution in [0.3, 0.4) is 0 Å². The van der Waals surface area contributed by atoms with E-state index in [9.17, 15) is 52.7 Å². The fourth-order valence-electron chi connectivity index (χ4n) is 9.59. The molecule has 0 heterocycles. The minimum atomic E-state index is -1.08. The molecule has 89 heavy (non-hydrogen) atoms. The van der Waals surface area contributed by atoms with Crippen LogP contribution in [0.2, 0.25) is 0 Å². The Morgan fingerprint density at radius 3 is 1.02 bits per heavy atom. The second kappa shape index (κ2) is 39.0. The molecule has 0 spiro atoms. The highest BCUT2D eigenvalue weighted by Crippen LogP contribution is 2.22. The number of primary amides is 2. The number of carboxylic acids is 1. The van der Waals surface area contributed by atoms with Crippen molar-refractivity contribution in [2.24, 2.45) is 84.5 Å². The second-order valence-electron chi connectivity index (χ2n) is 21.7. The van der Waals surface area contributed by atoms with E-state index in [-0.39, 0.29) is 131 Å². The first-order valence-electron chi connectivity index (χ1n) is 29.2. The molecule has 0 aromatic heterocycles. The van der Waals surface area contributed by atoms with Gasteiger partial charge in [0.05, 0.1) is 12.1 Å². The van der Waals surface area contributed by atoms with Crippen molar-refractivity contribution >= 4 is 82.2 Å². The smallest absolute Gasteiger partial charge is 0.303 e. The third kappa shape index (κ3) is 28.9. The molecule has 19 N–H and O–H groups in total. The molecule has 25 heteroatoms. The zero-order chi connectivity index (χ0) is 66.0. The van der Waals surface area contributed by atoms with Crippen LogP contribution in [0, 0.1) is 23.7 Å². The monoisotopic (exact) mass is 1230 g/mol. The molecule has 4 rings (SSSR count). The van der Waals surface area contributed by atoms with Gasteiger partial charge in [-0.05, 0) is 89.2 Å². The van der Waals surface area contributed by atoms with Crippen LogP contribution in [0.25, 0.3) is 0 Å². The summed E-state index contributed by atoms with van der Waals surface area (Å²) in [6, 6.07) is 29.0. The average molecular weight is 1230 g/mol. The molecule has 25 nitrogen and oxygen atoms in total. The molecule has 4 aromatic rings. The Balaban J connectivity index is 0.000000465. The zero-order valence-corrected chi connectivity index (χ0v) is 50.5. The highest BCUT2D eigenvalue weighted by atomic mass is 16.4. The van der Waals surface area contributed by atoms with Gasteiger partial charge in [0.25, 0.3) is 0 Å². The standard InChI is InChI=1S/C32H44N8O5.C32H41N5O7/c1-20(41)17-24(9-5-15-38-31(34)35)30(45)40-26(10-6-16-39-32(36)37)27(42)19-25(29(33)44)18-21-11-13-23(14-12-21)28(43)22-7-3-2-4-8-22;1-20(38)17-24(9-6-16-36-32(34)35)31(44)37-26(10-5-11-28(40)41)27(39)19-25(30(33)43)18-21-12-14-23(15-13-21)29(42)22-7-3-2-4-8-22/h2-4,7-8,11-14,24-26H,5-6,9-10,15-19H2,1H3,(H2,33,44)(H,40,45)(H4,34,35,38)(H4,36,37,39);2-4,7-8,12-15,24-26H,5-6,9-11,16-19H2,1H3,(H2,33,43)(H,37,44)(H,40,41)(H4,34,35,36)/t24-,25+,26-;24-,25-,26+/m01/s1. The van der Waals surface area contributed by atoms with Crippen molar-refractivity contribution in [2.75, 3.05) is 19.6 Å². The van der Waals surface area contributed by atoms with Gasteiger partial charge >= 0.3 is 5.97 Å². The van der Waals surface area contributed by atoms with Gasteiger partial charge in [0.2, 0.25) is 23.6 Å². The van der Waals surface area contributed by atoms with Gasteiger partial charge in [-0.1, -0.05) is 109 Å². The first-order chi connectivity index (χ1) is 42.2. The number of nitrogens with two attached hydrogens (primary N) is 8. The van der Waals surface area contributed by atoms with Gasteiger partial charge < -0.3 is 71.2 Å². The average Bonchev–Trinajstić information content (AvgIpc) is 3.70. The van der Waals surface area contributed by atoms with Crippen LogP contribution in [0.1, 0.15) is 140 Å². The predicted molar refractivity (Wildman–Crippen MR) is 337 cm³/mol. The van der Waals surface area contributed by atoms with Crippen molar-refractivity contribution in [3.8, 4) is 0 Å². The maximum Gasteiger partial charge on any atom is 0.303 e. The topological polar surface area (TPSA) is 477 Å². The van der Waals surface area contributed by atoms with E-state index in [4.69, 9.17) is 51.0 Å². The molecular formula is C64H85N13O12. The molecular weight excluding hydrogens is 1140 g/mol. The third-order valence-electron chi connectivity index (χ3n) is 14.2. The number of ketones is 6. The summed E-state index contributed by atoms with van der Waals surface area (Å²) < 4.78 is 0. The van der Waals surface area contributed by atoms with E-state index >= 15 is 0 Å². The highest BCUT2D eigenvalue weighted by molar-refractivity contribution is 6.09. The summed E-state index contributed by atoms with van der Waals surface area (Å²) in [7, 11) is 0. The van der Waals surface area contributed by atoms with Crippen LogP contribution in [0.15, 0.2) is 124 Å². The van der Waals surface area contributed by atoms with Gasteiger partial charge in [0, 0.05) is 97.7 Å². The van der Waals surface area contributed by atoms with E-state index < -0.39 is 76.9 Å². The molecule has 478 valence electrons. The normalized spacial score (nSPS) is 12.7. The van der Waals surface area contributed by atoms with Gasteiger partial charge in [-0.2, -0.15) is 0 Å². The van der Waals surface area contributed by atoms with Gasteiger partial charge in [-0.15, -0.1) is 0 Å². The van der Waals surface area contributed by atoms with Crippen LogP contribution in [-0.2, 0) is 56.0 Å². The number of nitrogens with zero attached hydrogens (tertiary/aromatic N) is 3. The fourth-order valence-corrected chi connectivity index (χ4v) is 9.59. The number of Topliss-reactive ketones (excluding diaryl/α,β-unsaturated/α-hetero) is 4. The number of hydrogen-bond acceptors (Lipinski definition) is 14. The fraction of sp³-hybridized carbons (Fsp3) is 0.406. The summed E-state index contributed by atoms with van der Waals surface area (Å²) in [5.41, 5.74) is 47.0. The van der Waals surface area contributed by atoms with E-state index in [2.05, 4.69) is 25.6 Å². The Morgan fingerprint density at radius 1 is 0.404 bits per heavy atom. The Kier molecular flexibility index (Phi) is 32.1. The lowest BCUT2D eigenvalue weighted by Crippen LogP contribution is -2.45. The summed E-state index contributed by atoms with van der Waals surface area (Å²) in [6.07, 6.45) is 1.63. The SMILES string of the molecule is CC(=O)C[C@@H](CCCN=C(N)N)C(=O)N[C@@H](CCCC(=O)O)C(=O)C[C@@H](Cc1ccc(C(=O)c2ccccc2)cc1)C(N)=O.CC(=O)C[C@H](CCCN=C(N)N)C(=O)N[C@@H](CCCN=C(N)N)C(=O)C[C@@H](Cc1ccc(C(=O)c2ccccc2)cc1)C(N)=O. The summed E-state index contributed by atoms with van der Waals surface area (Å²) in [5, 5.41) is 14.5. The van der Waals surface area contributed by atoms with Crippen molar-refractivity contribution < 1.29 is 57.8 Å². The van der Waals surface area contributed by atoms with Crippen LogP contribution < -0.4 is 56.5 Å². The summed E-state index contributed by atoms with van der Waals surface area (Å²) in [5.74, 6) is -8.51. The van der Waals surface area contributed by atoms with Crippen molar-refractivity contribution in [2.45, 2.75) is 122 Å². The molecule has 6 atom stereocenters. The van der Waals surface area contributed by atoms with E-state index in [1.54, 1.807) is 97.1 Å². The number of carboxylic acid groups (broad SMARTS) is 1. The van der Waals surface area contributed by atoms with Crippen LogP contribution in [0.4, 0.5) is 0 Å². The molecule has 0 saturated heterocycles. The number of hydrogen-bond donors (Lipinski definition) is 11. The minimum absolute atomic E-state index is 0.0186. The van der Waals surface area contributed by atoms with Gasteiger partial charge in [-0.25, -0.2) is 0 Å². The molecule has 0 unspecified atom stereocenters. The maximum atomic E-state index is 13.5. The Labute approximate surface area is 517 Å². The number of benzene rings is 4. The molecule has 4 amide bonds. The molecule has 0 saturated carbocycles. The van der Waals surface area contributed by atoms with E-state index in [0.29, 0.717) is 59.1 Å². The Morgan fingerprint density at radius 2 is 0.719 bits per heavy atom. The number of nitrogens with one attached hydrogen (secondary N) is 2. The lowest BCUT2D eigenvalue weighted by atomic mass is 9.89. The Bertz CT molecular complexity index is 3120. The molecule has 0 aliphatic carbocycles. The van der Waals surface area contributed by atoms with Crippen LogP contribution in [-0.4, -0.2) is 119 Å². The van der Waals surface area contributed by atoms with E-state index in [0.717, 1.165) is 0 Å². The van der Waals surface area contributed by atoms with E-state index in [1.165, 1.54) is 13.8 Å². The molecule has 0 aliphatic rings. The molecule has 0 bridgehead atoms. The van der Waals surface area contributed by atoms with Crippen LogP contribution >= 0.6 is 0 Å². The summed E-state index contributed by atoms with van der Waals surface area (Å²) in [6.45, 7) is 3.51. The maximum absolute atomic E-state index is 13.5. The number of guanidine groups is 3. The molecule has 4 aromatic carbocycles. The highest BCUT2D eigenvalue weighted by Gasteiger charge is 2.32. The van der Waals surface area contributed by atoms with Crippen LogP contribution in [0.5, 0.6) is 0 Å². The molecule has 0 radical (unpaired) electrons. The summed E-state index contributed by atoms with van der Waals surface area (Å²) in [4.78, 5) is 150.